The van der Waals surface area contributed by atoms with Crippen molar-refractivity contribution in [2.75, 3.05) is 0 Å². The van der Waals surface area contributed by atoms with E-state index in [0.717, 1.165) is 0 Å². The Bertz CT molecular complexity index is 1630. The van der Waals surface area contributed by atoms with Gasteiger partial charge in [-0.3, -0.25) is 0 Å². The molecule has 2 amide bonds. The zero-order chi connectivity index (χ0) is 26.9. The van der Waals surface area contributed by atoms with E-state index in [1.165, 1.54) is 36.8 Å². The monoisotopic (exact) mass is 555 g/mol. The third-order valence-electron chi connectivity index (χ3n) is 5.71. The fourth-order valence-corrected chi connectivity index (χ4v) is 5.98. The summed E-state index contributed by atoms with van der Waals surface area (Å²) in [6.07, 6.45) is 2.87. The molecule has 5 rings (SSSR count). The lowest BCUT2D eigenvalue weighted by Gasteiger charge is -2.08. The molecule has 2 aromatic carbocycles. The summed E-state index contributed by atoms with van der Waals surface area (Å²) < 4.78 is 67.1. The molecule has 2 aromatic heterocycles. The van der Waals surface area contributed by atoms with Crippen molar-refractivity contribution in [1.29, 1.82) is 0 Å². The first kappa shape index (κ1) is 25.4. The topological polar surface area (TPSA) is 186 Å². The lowest BCUT2D eigenvalue weighted by Crippen LogP contribution is -2.26. The average molecular weight is 556 g/mol. The third kappa shape index (κ3) is 5.10. The van der Waals surface area contributed by atoms with Gasteiger partial charge in [-0.05, 0) is 59.7 Å². The van der Waals surface area contributed by atoms with Crippen molar-refractivity contribution in [2.24, 2.45) is 10.8 Å². The van der Waals surface area contributed by atoms with Crippen LogP contribution in [0.3, 0.4) is 0 Å². The van der Waals surface area contributed by atoms with Gasteiger partial charge in [0.15, 0.2) is 0 Å². The molecule has 1 aliphatic carbocycles. The molecule has 0 unspecified atom stereocenters. The summed E-state index contributed by atoms with van der Waals surface area (Å²) in [7, 11) is -7.90. The average Bonchev–Trinajstić information content (AvgIpc) is 3.65. The molecule has 2 heterocycles. The third-order valence-corrected chi connectivity index (χ3v) is 8.51. The van der Waals surface area contributed by atoms with Crippen molar-refractivity contribution in [3.63, 3.8) is 0 Å². The molecule has 4 aromatic rings. The summed E-state index contributed by atoms with van der Waals surface area (Å²) in [6, 6.07) is 14.4. The first-order valence-electron chi connectivity index (χ1n) is 11.1. The van der Waals surface area contributed by atoms with Crippen LogP contribution in [0.1, 0.15) is 22.6 Å². The van der Waals surface area contributed by atoms with Gasteiger partial charge in [0, 0.05) is 11.1 Å². The van der Waals surface area contributed by atoms with Crippen LogP contribution in [0.25, 0.3) is 11.1 Å². The molecule has 1 aliphatic rings. The van der Waals surface area contributed by atoms with E-state index < -0.39 is 26.1 Å². The van der Waals surface area contributed by atoms with Gasteiger partial charge in [-0.1, -0.05) is 12.1 Å². The molecular formula is C24H21N5O7S2. The van der Waals surface area contributed by atoms with E-state index in [2.05, 4.69) is 20.0 Å². The van der Waals surface area contributed by atoms with Gasteiger partial charge in [0.1, 0.15) is 11.5 Å². The molecule has 12 nitrogen and oxygen atoms in total. The molecule has 0 saturated carbocycles. The fraction of sp³-hybridized carbons (Fsp3) is 0.0833. The number of primary amides is 1. The summed E-state index contributed by atoms with van der Waals surface area (Å²) in [5.41, 5.74) is 9.43. The standard InChI is InChI=1S/C24H21N5O7S2/c25-24(30)29-28-23-21-11-17(37(31,32)26-13-15-3-1-9-35-15)5-7-19(21)20-8-6-18(12-22(20)23)38(33,34)27-14-16-4-2-10-36-16/h1-12,26-27H,13-14H2,(H3,25,29,30). The summed E-state index contributed by atoms with van der Waals surface area (Å²) in [4.78, 5) is 11.3. The number of sulfonamides is 2. The number of hydrazone groups is 1. The highest BCUT2D eigenvalue weighted by atomic mass is 32.2. The number of nitrogens with one attached hydrogen (secondary N) is 3. The number of rotatable bonds is 9. The maximum atomic E-state index is 13.0. The zero-order valence-electron chi connectivity index (χ0n) is 19.5. The van der Waals surface area contributed by atoms with Crippen molar-refractivity contribution in [3.05, 3.63) is 95.8 Å². The van der Waals surface area contributed by atoms with Gasteiger partial charge in [0.2, 0.25) is 20.0 Å². The molecule has 196 valence electrons. The van der Waals surface area contributed by atoms with Gasteiger partial charge in [-0.2, -0.15) is 5.10 Å². The molecule has 0 fully saturated rings. The van der Waals surface area contributed by atoms with E-state index in [-0.39, 0.29) is 28.6 Å². The molecule has 0 radical (unpaired) electrons. The van der Waals surface area contributed by atoms with Crippen LogP contribution in [0.2, 0.25) is 0 Å². The minimum Gasteiger partial charge on any atom is -0.468 e. The lowest BCUT2D eigenvalue weighted by atomic mass is 10.1. The van der Waals surface area contributed by atoms with Crippen LogP contribution in [-0.4, -0.2) is 28.6 Å². The van der Waals surface area contributed by atoms with Gasteiger partial charge >= 0.3 is 6.03 Å². The minimum absolute atomic E-state index is 0.0525. The van der Waals surface area contributed by atoms with Crippen molar-refractivity contribution >= 4 is 31.8 Å². The molecule has 0 aliphatic heterocycles. The Balaban J connectivity index is 1.50. The number of urea groups is 1. The van der Waals surface area contributed by atoms with Crippen LogP contribution in [0.5, 0.6) is 0 Å². The maximum Gasteiger partial charge on any atom is 0.332 e. The van der Waals surface area contributed by atoms with Gasteiger partial charge in [-0.25, -0.2) is 36.5 Å². The van der Waals surface area contributed by atoms with Crippen LogP contribution in [0.4, 0.5) is 4.79 Å². The van der Waals surface area contributed by atoms with E-state index >= 15 is 0 Å². The van der Waals surface area contributed by atoms with Crippen LogP contribution >= 0.6 is 0 Å². The second-order valence-electron chi connectivity index (χ2n) is 8.16. The Hall–Kier alpha value is -4.24. The number of benzene rings is 2. The van der Waals surface area contributed by atoms with Gasteiger partial charge < -0.3 is 14.6 Å². The first-order valence-corrected chi connectivity index (χ1v) is 14.1. The Morgan fingerprint density at radius 3 is 1.61 bits per heavy atom. The van der Waals surface area contributed by atoms with Gasteiger partial charge in [0.25, 0.3) is 0 Å². The Kier molecular flexibility index (Phi) is 6.62. The second kappa shape index (κ2) is 9.90. The summed E-state index contributed by atoms with van der Waals surface area (Å²) in [6.45, 7) is -0.105. The molecule has 38 heavy (non-hydrogen) atoms. The van der Waals surface area contributed by atoms with Gasteiger partial charge in [-0.15, -0.1) is 0 Å². The molecule has 0 spiro atoms. The van der Waals surface area contributed by atoms with Crippen molar-refractivity contribution in [1.82, 2.24) is 14.9 Å². The Labute approximate surface area is 217 Å². The number of nitrogens with zero attached hydrogens (tertiary/aromatic N) is 1. The van der Waals surface area contributed by atoms with Crippen molar-refractivity contribution in [3.8, 4) is 11.1 Å². The SMILES string of the molecule is NC(=O)NN=C1c2cc(S(=O)(=O)NCc3ccco3)ccc2-c2ccc(S(=O)(=O)NCc3ccco3)cc21. The van der Waals surface area contributed by atoms with Crippen molar-refractivity contribution in [2.45, 2.75) is 22.9 Å². The molecular weight excluding hydrogens is 534 g/mol. The minimum atomic E-state index is -3.95. The lowest BCUT2D eigenvalue weighted by molar-refractivity contribution is 0.249. The Morgan fingerprint density at radius 1 is 0.737 bits per heavy atom. The van der Waals surface area contributed by atoms with E-state index in [0.29, 0.717) is 33.8 Å². The highest BCUT2D eigenvalue weighted by molar-refractivity contribution is 7.89. The number of fused-ring (bicyclic) bond motifs is 3. The fourth-order valence-electron chi connectivity index (χ4n) is 3.94. The van der Waals surface area contributed by atoms with Crippen LogP contribution in [0.15, 0.2) is 96.9 Å². The van der Waals surface area contributed by atoms with Crippen molar-refractivity contribution < 1.29 is 30.5 Å². The summed E-state index contributed by atoms with van der Waals surface area (Å²) in [5.74, 6) is 0.869. The molecule has 0 saturated heterocycles. The number of hydrogen-bond acceptors (Lipinski definition) is 8. The predicted molar refractivity (Wildman–Crippen MR) is 136 cm³/mol. The van der Waals surface area contributed by atoms with E-state index in [1.807, 2.05) is 0 Å². The predicted octanol–water partition coefficient (Wildman–Crippen LogP) is 2.23. The number of amides is 2. The normalized spacial score (nSPS) is 12.7. The number of furan rings is 2. The molecule has 0 atom stereocenters. The van der Waals surface area contributed by atoms with Crippen LogP contribution in [-0.2, 0) is 33.1 Å². The number of carbonyl (C=O) groups excluding carboxylic acids is 1. The van der Waals surface area contributed by atoms with Gasteiger partial charge in [0.05, 0.1) is 41.1 Å². The second-order valence-corrected chi connectivity index (χ2v) is 11.7. The molecule has 5 N–H and O–H groups in total. The highest BCUT2D eigenvalue weighted by Gasteiger charge is 2.29. The number of hydrogen-bond donors (Lipinski definition) is 4. The molecule has 14 heteroatoms. The smallest absolute Gasteiger partial charge is 0.332 e. The van der Waals surface area contributed by atoms with E-state index in [1.54, 1.807) is 36.4 Å². The zero-order valence-corrected chi connectivity index (χ0v) is 21.2. The molecule has 0 bridgehead atoms. The van der Waals surface area contributed by atoms with Crippen LogP contribution < -0.4 is 20.6 Å². The number of carbonyl (C=O) groups is 1. The first-order chi connectivity index (χ1) is 18.1. The number of nitrogens with two attached hydrogens (primary N) is 1. The van der Waals surface area contributed by atoms with Crippen LogP contribution in [0, 0.1) is 0 Å². The summed E-state index contributed by atoms with van der Waals surface area (Å²) in [5, 5.41) is 4.06. The highest BCUT2D eigenvalue weighted by Crippen LogP contribution is 2.39. The largest absolute Gasteiger partial charge is 0.468 e. The quantitative estimate of drug-likeness (QED) is 0.201. The maximum absolute atomic E-state index is 13.0. The Morgan fingerprint density at radius 2 is 1.21 bits per heavy atom. The van der Waals surface area contributed by atoms with E-state index in [4.69, 9.17) is 14.6 Å². The van der Waals surface area contributed by atoms with E-state index in [9.17, 15) is 21.6 Å². The summed E-state index contributed by atoms with van der Waals surface area (Å²) >= 11 is 0.